The SMILES string of the molecule is COc1ccccc1NC(=O)CCNCCc1c[nH]c2ccccc12. The molecule has 1 aromatic heterocycles. The minimum Gasteiger partial charge on any atom is -0.495 e. The highest BCUT2D eigenvalue weighted by molar-refractivity contribution is 5.92. The Bertz CT molecular complexity index is 842. The van der Waals surface area contributed by atoms with Crippen LogP contribution in [-0.2, 0) is 11.2 Å². The third kappa shape index (κ3) is 4.39. The molecule has 0 radical (unpaired) electrons. The Morgan fingerprint density at radius 1 is 1.08 bits per heavy atom. The van der Waals surface area contributed by atoms with Gasteiger partial charge in [0.25, 0.3) is 0 Å². The summed E-state index contributed by atoms with van der Waals surface area (Å²) in [4.78, 5) is 15.3. The molecule has 3 N–H and O–H groups in total. The van der Waals surface area contributed by atoms with Gasteiger partial charge in [-0.1, -0.05) is 30.3 Å². The number of hydrogen-bond acceptors (Lipinski definition) is 3. The van der Waals surface area contributed by atoms with E-state index < -0.39 is 0 Å². The zero-order valence-electron chi connectivity index (χ0n) is 14.3. The van der Waals surface area contributed by atoms with Gasteiger partial charge in [-0.05, 0) is 36.7 Å². The van der Waals surface area contributed by atoms with Crippen molar-refractivity contribution in [2.24, 2.45) is 0 Å². The molecule has 1 heterocycles. The Labute approximate surface area is 147 Å². The topological polar surface area (TPSA) is 66.2 Å². The summed E-state index contributed by atoms with van der Waals surface area (Å²) in [5, 5.41) is 7.47. The molecule has 5 heteroatoms. The van der Waals surface area contributed by atoms with Gasteiger partial charge in [0, 0.05) is 30.1 Å². The first kappa shape index (κ1) is 17.0. The predicted molar refractivity (Wildman–Crippen MR) is 101 cm³/mol. The fourth-order valence-corrected chi connectivity index (χ4v) is 2.85. The molecule has 0 fully saturated rings. The number of amides is 1. The molecule has 0 saturated carbocycles. The van der Waals surface area contributed by atoms with E-state index in [9.17, 15) is 4.79 Å². The highest BCUT2D eigenvalue weighted by atomic mass is 16.5. The Kier molecular flexibility index (Phi) is 5.69. The molecule has 0 unspecified atom stereocenters. The Morgan fingerprint density at radius 3 is 2.76 bits per heavy atom. The van der Waals surface area contributed by atoms with Gasteiger partial charge in [-0.15, -0.1) is 0 Å². The van der Waals surface area contributed by atoms with E-state index in [0.29, 0.717) is 24.4 Å². The van der Waals surface area contributed by atoms with Crippen molar-refractivity contribution in [1.29, 1.82) is 0 Å². The van der Waals surface area contributed by atoms with Gasteiger partial charge in [0.1, 0.15) is 5.75 Å². The fraction of sp³-hybridized carbons (Fsp3) is 0.250. The summed E-state index contributed by atoms with van der Waals surface area (Å²) in [6, 6.07) is 15.7. The maximum absolute atomic E-state index is 12.0. The summed E-state index contributed by atoms with van der Waals surface area (Å²) in [5.41, 5.74) is 3.16. The summed E-state index contributed by atoms with van der Waals surface area (Å²) in [6.07, 6.45) is 3.41. The van der Waals surface area contributed by atoms with Crippen molar-refractivity contribution in [3.63, 3.8) is 0 Å². The van der Waals surface area contributed by atoms with Crippen LogP contribution in [0.15, 0.2) is 54.7 Å². The second kappa shape index (κ2) is 8.35. The number of carbonyl (C=O) groups excluding carboxylic acids is 1. The third-order valence-corrected chi connectivity index (χ3v) is 4.16. The molecule has 0 aliphatic carbocycles. The number of anilines is 1. The number of rotatable bonds is 8. The van der Waals surface area contributed by atoms with Crippen LogP contribution in [0.3, 0.4) is 0 Å². The van der Waals surface area contributed by atoms with Crippen LogP contribution in [0.2, 0.25) is 0 Å². The number of hydrogen-bond donors (Lipinski definition) is 3. The predicted octanol–water partition coefficient (Wildman–Crippen LogP) is 3.34. The molecule has 0 atom stereocenters. The number of para-hydroxylation sites is 3. The average Bonchev–Trinajstić information content (AvgIpc) is 3.05. The van der Waals surface area contributed by atoms with E-state index >= 15 is 0 Å². The van der Waals surface area contributed by atoms with Gasteiger partial charge in [-0.2, -0.15) is 0 Å². The second-order valence-corrected chi connectivity index (χ2v) is 5.86. The summed E-state index contributed by atoms with van der Waals surface area (Å²) in [5.74, 6) is 0.646. The number of fused-ring (bicyclic) bond motifs is 1. The standard InChI is InChI=1S/C20H23N3O2/c1-25-19-9-5-4-8-18(19)23-20(24)11-13-21-12-10-15-14-22-17-7-3-2-6-16(15)17/h2-9,14,21-22H,10-13H2,1H3,(H,23,24). The van der Waals surface area contributed by atoms with E-state index in [-0.39, 0.29) is 5.91 Å². The normalized spacial score (nSPS) is 10.8. The molecule has 3 aromatic rings. The molecule has 0 saturated heterocycles. The summed E-state index contributed by atoms with van der Waals surface area (Å²) in [7, 11) is 1.59. The van der Waals surface area contributed by atoms with Gasteiger partial charge < -0.3 is 20.4 Å². The van der Waals surface area contributed by atoms with Crippen LogP contribution in [0.25, 0.3) is 10.9 Å². The molecular formula is C20H23N3O2. The zero-order valence-corrected chi connectivity index (χ0v) is 14.3. The van der Waals surface area contributed by atoms with Crippen LogP contribution in [-0.4, -0.2) is 31.1 Å². The van der Waals surface area contributed by atoms with Crippen molar-refractivity contribution < 1.29 is 9.53 Å². The van der Waals surface area contributed by atoms with E-state index in [2.05, 4.69) is 40.0 Å². The number of H-pyrrole nitrogens is 1. The molecule has 0 aliphatic rings. The van der Waals surface area contributed by atoms with Crippen molar-refractivity contribution in [3.05, 3.63) is 60.3 Å². The molecular weight excluding hydrogens is 314 g/mol. The summed E-state index contributed by atoms with van der Waals surface area (Å²) in [6.45, 7) is 1.48. The van der Waals surface area contributed by atoms with Crippen LogP contribution in [0, 0.1) is 0 Å². The van der Waals surface area contributed by atoms with E-state index in [1.807, 2.05) is 30.3 Å². The van der Waals surface area contributed by atoms with E-state index in [0.717, 1.165) is 18.5 Å². The van der Waals surface area contributed by atoms with Gasteiger partial charge in [0.05, 0.1) is 12.8 Å². The first-order chi connectivity index (χ1) is 12.3. The number of ether oxygens (including phenoxy) is 1. The van der Waals surface area contributed by atoms with Gasteiger partial charge in [-0.25, -0.2) is 0 Å². The quantitative estimate of drug-likeness (QED) is 0.552. The van der Waals surface area contributed by atoms with Crippen molar-refractivity contribution in [2.45, 2.75) is 12.8 Å². The van der Waals surface area contributed by atoms with Crippen molar-refractivity contribution in [3.8, 4) is 5.75 Å². The van der Waals surface area contributed by atoms with Crippen LogP contribution in [0.5, 0.6) is 5.75 Å². The molecule has 0 bridgehead atoms. The Hall–Kier alpha value is -2.79. The molecule has 0 aliphatic heterocycles. The number of benzene rings is 2. The Balaban J connectivity index is 1.40. The second-order valence-electron chi connectivity index (χ2n) is 5.86. The van der Waals surface area contributed by atoms with Gasteiger partial charge >= 0.3 is 0 Å². The Morgan fingerprint density at radius 2 is 1.88 bits per heavy atom. The lowest BCUT2D eigenvalue weighted by atomic mass is 10.1. The molecule has 0 spiro atoms. The lowest BCUT2D eigenvalue weighted by molar-refractivity contribution is -0.116. The van der Waals surface area contributed by atoms with E-state index in [1.165, 1.54) is 10.9 Å². The maximum atomic E-state index is 12.0. The average molecular weight is 337 g/mol. The van der Waals surface area contributed by atoms with Crippen molar-refractivity contribution in [1.82, 2.24) is 10.3 Å². The zero-order chi connectivity index (χ0) is 17.5. The van der Waals surface area contributed by atoms with Crippen molar-refractivity contribution >= 4 is 22.5 Å². The van der Waals surface area contributed by atoms with Crippen LogP contribution >= 0.6 is 0 Å². The maximum Gasteiger partial charge on any atom is 0.225 e. The lowest BCUT2D eigenvalue weighted by Gasteiger charge is -2.10. The smallest absolute Gasteiger partial charge is 0.225 e. The van der Waals surface area contributed by atoms with E-state index in [4.69, 9.17) is 4.74 Å². The number of aromatic nitrogens is 1. The summed E-state index contributed by atoms with van der Waals surface area (Å²) < 4.78 is 5.23. The first-order valence-electron chi connectivity index (χ1n) is 8.46. The van der Waals surface area contributed by atoms with Gasteiger partial charge in [0.2, 0.25) is 5.91 Å². The minimum absolute atomic E-state index is 0.0240. The number of methoxy groups -OCH3 is 1. The largest absolute Gasteiger partial charge is 0.495 e. The lowest BCUT2D eigenvalue weighted by Crippen LogP contribution is -2.23. The minimum atomic E-state index is -0.0240. The number of nitrogens with one attached hydrogen (secondary N) is 3. The molecule has 2 aromatic carbocycles. The molecule has 1 amide bonds. The molecule has 25 heavy (non-hydrogen) atoms. The number of aromatic amines is 1. The van der Waals surface area contributed by atoms with Gasteiger partial charge in [-0.3, -0.25) is 4.79 Å². The molecule has 130 valence electrons. The summed E-state index contributed by atoms with van der Waals surface area (Å²) >= 11 is 0. The highest BCUT2D eigenvalue weighted by Gasteiger charge is 2.07. The van der Waals surface area contributed by atoms with Crippen LogP contribution in [0.4, 0.5) is 5.69 Å². The fourth-order valence-electron chi connectivity index (χ4n) is 2.85. The van der Waals surface area contributed by atoms with Gasteiger partial charge in [0.15, 0.2) is 0 Å². The monoisotopic (exact) mass is 337 g/mol. The molecule has 5 nitrogen and oxygen atoms in total. The highest BCUT2D eigenvalue weighted by Crippen LogP contribution is 2.23. The molecule has 3 rings (SSSR count). The third-order valence-electron chi connectivity index (χ3n) is 4.16. The van der Waals surface area contributed by atoms with Crippen LogP contribution in [0.1, 0.15) is 12.0 Å². The number of carbonyl (C=O) groups is 1. The van der Waals surface area contributed by atoms with Crippen LogP contribution < -0.4 is 15.4 Å². The first-order valence-corrected chi connectivity index (χ1v) is 8.46. The van der Waals surface area contributed by atoms with Crippen molar-refractivity contribution in [2.75, 3.05) is 25.5 Å². The van der Waals surface area contributed by atoms with E-state index in [1.54, 1.807) is 7.11 Å².